The molecule has 0 spiro atoms. The number of fused-ring (bicyclic) bond motifs is 1. The summed E-state index contributed by atoms with van der Waals surface area (Å²) in [5.41, 5.74) is 3.62. The Labute approximate surface area is 225 Å². The zero-order valence-corrected chi connectivity index (χ0v) is 20.6. The van der Waals surface area contributed by atoms with Crippen LogP contribution in [0.4, 0.5) is 30.5 Å². The van der Waals surface area contributed by atoms with Gasteiger partial charge in [-0.3, -0.25) is 28.7 Å². The van der Waals surface area contributed by atoms with Crippen LogP contribution in [0.15, 0.2) is 33.4 Å². The van der Waals surface area contributed by atoms with Crippen molar-refractivity contribution in [1.29, 1.82) is 0 Å². The summed E-state index contributed by atoms with van der Waals surface area (Å²) in [5.74, 6) is -3.29. The number of halogens is 3. The zero-order valence-electron chi connectivity index (χ0n) is 20.6. The molecular weight excluding hydrogens is 565 g/mol. The third-order valence-electron chi connectivity index (χ3n) is 5.61. The summed E-state index contributed by atoms with van der Waals surface area (Å²) in [7, 11) is 0. The monoisotopic (exact) mass is 588 g/mol. The fourth-order valence-electron chi connectivity index (χ4n) is 3.63. The van der Waals surface area contributed by atoms with Gasteiger partial charge in [-0.1, -0.05) is 6.58 Å². The van der Waals surface area contributed by atoms with Crippen molar-refractivity contribution in [3.05, 3.63) is 49.8 Å². The van der Waals surface area contributed by atoms with Crippen LogP contribution in [0.25, 0.3) is 11.2 Å². The topological polar surface area (TPSA) is 264 Å². The molecule has 0 saturated carbocycles. The second-order valence-corrected chi connectivity index (χ2v) is 8.34. The zero-order chi connectivity index (χ0) is 30.6. The van der Waals surface area contributed by atoms with Crippen molar-refractivity contribution in [2.45, 2.75) is 30.7 Å². The lowest BCUT2D eigenvalue weighted by Gasteiger charge is -2.19. The molecule has 1 saturated heterocycles. The van der Waals surface area contributed by atoms with Gasteiger partial charge in [-0.2, -0.15) is 18.2 Å². The number of carboxylic acids is 1. The van der Waals surface area contributed by atoms with Crippen LogP contribution < -0.4 is 38.1 Å². The van der Waals surface area contributed by atoms with E-state index in [1.807, 2.05) is 0 Å². The minimum absolute atomic E-state index is 0.00263. The van der Waals surface area contributed by atoms with E-state index in [-0.39, 0.29) is 54.0 Å². The first-order valence-corrected chi connectivity index (χ1v) is 11.4. The lowest BCUT2D eigenvalue weighted by atomic mass is 10.1. The number of carboxylic acid groups (broad SMARTS) is 1. The second kappa shape index (κ2) is 12.1. The molecule has 1 amide bonds. The number of H-pyrrole nitrogens is 1. The molecule has 41 heavy (non-hydrogen) atoms. The maximum Gasteiger partial charge on any atom is 0.490 e. The molecule has 1 fully saturated rings. The average molecular weight is 588 g/mol. The summed E-state index contributed by atoms with van der Waals surface area (Å²) in [6, 6.07) is 0. The van der Waals surface area contributed by atoms with E-state index in [0.717, 1.165) is 6.08 Å². The number of hydrogen-bond donors (Lipinski definition) is 8. The third-order valence-corrected chi connectivity index (χ3v) is 5.61. The van der Waals surface area contributed by atoms with E-state index in [2.05, 4.69) is 37.5 Å². The number of aliphatic hydroxyl groups is 2. The maximum absolute atomic E-state index is 12.0. The predicted molar refractivity (Wildman–Crippen MR) is 134 cm³/mol. The number of carbonyl (C=O) groups excluding carboxylic acids is 1. The van der Waals surface area contributed by atoms with Gasteiger partial charge in [-0.05, 0) is 6.08 Å². The van der Waals surface area contributed by atoms with Crippen LogP contribution in [0.1, 0.15) is 6.23 Å². The Hall–Kier alpha value is -4.82. The number of aromatic amines is 1. The molecule has 3 aromatic rings. The van der Waals surface area contributed by atoms with E-state index in [1.54, 1.807) is 0 Å². The number of amides is 1. The number of rotatable bonds is 9. The summed E-state index contributed by atoms with van der Waals surface area (Å²) in [4.78, 5) is 66.1. The van der Waals surface area contributed by atoms with Gasteiger partial charge in [0.15, 0.2) is 17.4 Å². The smallest absolute Gasteiger partial charge is 0.475 e. The van der Waals surface area contributed by atoms with E-state index in [1.165, 1.54) is 10.9 Å². The number of aliphatic hydroxyl groups excluding tert-OH is 2. The Bertz CT molecular complexity index is 1580. The van der Waals surface area contributed by atoms with Gasteiger partial charge in [0.25, 0.3) is 16.4 Å². The van der Waals surface area contributed by atoms with Crippen molar-refractivity contribution in [1.82, 2.24) is 24.8 Å². The van der Waals surface area contributed by atoms with Crippen LogP contribution >= 0.6 is 0 Å². The molecule has 2 aromatic heterocycles. The number of carbonyl (C=O) groups is 2. The fourth-order valence-corrected chi connectivity index (χ4v) is 3.63. The van der Waals surface area contributed by atoms with Crippen LogP contribution in [0.3, 0.4) is 0 Å². The van der Waals surface area contributed by atoms with Gasteiger partial charge in [0.2, 0.25) is 11.9 Å². The molecule has 4 rings (SSSR count). The molecule has 0 radical (unpaired) electrons. The van der Waals surface area contributed by atoms with Crippen LogP contribution in [0.5, 0.6) is 0 Å². The summed E-state index contributed by atoms with van der Waals surface area (Å²) < 4.78 is 38.8. The molecule has 1 aliphatic heterocycles. The van der Waals surface area contributed by atoms with E-state index in [4.69, 9.17) is 20.4 Å². The normalized spacial score (nSPS) is 20.3. The standard InChI is InChI=1S/C19H22N8O7.C2HF3O2/c1-2-8(28)21-3-4-22-9-10(14(31)13(9)30)23-5-7-12(29)15(32)18(34-7)27-6-24-11-16(27)25-19(20)26-17(11)33;3-2(4,5)1(6)7/h2,6-7,12,15,18,22-23,29,32H,1,3-5H2,(H,21,28)(H3,20,25,26,33);(H,6,7)/t7-,12-,15-,18-;/m1./s1. The van der Waals surface area contributed by atoms with E-state index in [0.29, 0.717) is 0 Å². The van der Waals surface area contributed by atoms with Gasteiger partial charge >= 0.3 is 12.1 Å². The van der Waals surface area contributed by atoms with Crippen molar-refractivity contribution >= 4 is 40.4 Å². The van der Waals surface area contributed by atoms with Gasteiger partial charge in [0, 0.05) is 19.6 Å². The highest BCUT2D eigenvalue weighted by Gasteiger charge is 2.44. The Morgan fingerprint density at radius 1 is 1.15 bits per heavy atom. The van der Waals surface area contributed by atoms with Crippen LogP contribution in [-0.4, -0.2) is 90.8 Å². The number of nitrogens with one attached hydrogen (secondary N) is 4. The number of aromatic nitrogens is 4. The molecule has 17 nitrogen and oxygen atoms in total. The molecule has 9 N–H and O–H groups in total. The number of ether oxygens (including phenoxy) is 1. The van der Waals surface area contributed by atoms with E-state index >= 15 is 0 Å². The molecule has 0 bridgehead atoms. The van der Waals surface area contributed by atoms with Gasteiger partial charge in [-0.15, -0.1) is 0 Å². The average Bonchev–Trinajstić information content (AvgIpc) is 3.45. The Morgan fingerprint density at radius 2 is 1.76 bits per heavy atom. The minimum Gasteiger partial charge on any atom is -0.475 e. The summed E-state index contributed by atoms with van der Waals surface area (Å²) in [6.45, 7) is 3.58. The van der Waals surface area contributed by atoms with Crippen molar-refractivity contribution in [2.24, 2.45) is 0 Å². The highest BCUT2D eigenvalue weighted by Crippen LogP contribution is 2.31. The van der Waals surface area contributed by atoms with Crippen LogP contribution in [-0.2, 0) is 14.3 Å². The maximum atomic E-state index is 12.0. The molecule has 0 aliphatic carbocycles. The summed E-state index contributed by atoms with van der Waals surface area (Å²) >= 11 is 0. The SMILES string of the molecule is C=CC(=O)NCCNc1c(NC[C@H]2O[C@@H](n3cnc4c(=O)[nH]c(N)nc43)[C@H](O)[C@@H]2O)c(=O)c1=O.O=C(O)C(F)(F)F. The molecule has 4 atom stereocenters. The van der Waals surface area contributed by atoms with Crippen LogP contribution in [0.2, 0.25) is 0 Å². The first-order chi connectivity index (χ1) is 19.2. The number of anilines is 3. The summed E-state index contributed by atoms with van der Waals surface area (Å²) in [5, 5.41) is 36.1. The van der Waals surface area contributed by atoms with Crippen molar-refractivity contribution < 1.29 is 42.8 Å². The molecule has 0 unspecified atom stereocenters. The molecule has 222 valence electrons. The number of nitrogens with two attached hydrogens (primary N) is 1. The fraction of sp³-hybridized carbons (Fsp3) is 0.381. The quantitative estimate of drug-likeness (QED) is 0.0723. The van der Waals surface area contributed by atoms with Crippen molar-refractivity contribution in [3.63, 3.8) is 0 Å². The number of nitrogens with zero attached hydrogens (tertiary/aromatic N) is 3. The van der Waals surface area contributed by atoms with Gasteiger partial charge in [0.1, 0.15) is 29.7 Å². The minimum atomic E-state index is -5.08. The van der Waals surface area contributed by atoms with Crippen molar-refractivity contribution in [3.8, 4) is 0 Å². The number of aliphatic carboxylic acids is 1. The van der Waals surface area contributed by atoms with Gasteiger partial charge in [0.05, 0.1) is 6.33 Å². The molecule has 20 heteroatoms. The van der Waals surface area contributed by atoms with E-state index in [9.17, 15) is 42.6 Å². The molecule has 3 heterocycles. The number of imidazole rings is 1. The lowest BCUT2D eigenvalue weighted by molar-refractivity contribution is -0.192. The molecule has 1 aromatic carbocycles. The van der Waals surface area contributed by atoms with Gasteiger partial charge < -0.3 is 41.7 Å². The molecular formula is C21H23F3N8O9. The van der Waals surface area contributed by atoms with Crippen molar-refractivity contribution in [2.75, 3.05) is 36.0 Å². The second-order valence-electron chi connectivity index (χ2n) is 8.34. The van der Waals surface area contributed by atoms with Gasteiger partial charge in [-0.25, -0.2) is 9.78 Å². The highest BCUT2D eigenvalue weighted by atomic mass is 19.4. The Kier molecular flexibility index (Phi) is 9.10. The first kappa shape index (κ1) is 30.7. The van der Waals surface area contributed by atoms with Crippen LogP contribution in [0, 0.1) is 0 Å². The number of hydrogen-bond acceptors (Lipinski definition) is 13. The third kappa shape index (κ3) is 6.67. The van der Waals surface area contributed by atoms with E-state index < -0.39 is 53.1 Å². The Morgan fingerprint density at radius 3 is 2.34 bits per heavy atom. The lowest BCUT2D eigenvalue weighted by Crippen LogP contribution is -2.41. The predicted octanol–water partition coefficient (Wildman–Crippen LogP) is -2.62. The number of alkyl halides is 3. The Balaban J connectivity index is 0.000000587. The summed E-state index contributed by atoms with van der Waals surface area (Å²) in [6.07, 6.45) is -7.65. The largest absolute Gasteiger partial charge is 0.490 e. The molecule has 1 aliphatic rings. The highest BCUT2D eigenvalue weighted by molar-refractivity contribution is 5.86. The first-order valence-electron chi connectivity index (χ1n) is 11.4. The number of nitrogen functional groups attached to an aromatic ring is 1.